The van der Waals surface area contributed by atoms with E-state index in [0.717, 1.165) is 36.1 Å². The van der Waals surface area contributed by atoms with E-state index in [2.05, 4.69) is 22.3 Å². The number of H-pyrrole nitrogens is 1. The first-order valence-corrected chi connectivity index (χ1v) is 10.4. The molecule has 1 aliphatic heterocycles. The number of benzene rings is 2. The quantitative estimate of drug-likeness (QED) is 0.638. The van der Waals surface area contributed by atoms with Gasteiger partial charge in [0.05, 0.1) is 22.6 Å². The van der Waals surface area contributed by atoms with Gasteiger partial charge in [-0.3, -0.25) is 5.10 Å². The Hall–Kier alpha value is -4.10. The van der Waals surface area contributed by atoms with E-state index >= 15 is 0 Å². The van der Waals surface area contributed by atoms with Crippen LogP contribution in [-0.2, 0) is 5.41 Å². The minimum Gasteiger partial charge on any atom is -0.420 e. The number of allylic oxidation sites excluding steroid dienone is 1. The maximum Gasteiger partial charge on any atom is 0.244 e. The number of aryl methyl sites for hydroxylation is 1. The molecule has 1 fully saturated rings. The normalized spacial score (nSPS) is 20.0. The second-order valence-electron chi connectivity index (χ2n) is 8.34. The summed E-state index contributed by atoms with van der Waals surface area (Å²) in [6.45, 7) is 1.89. The number of hydrogen-bond donors (Lipinski definition) is 2. The van der Waals surface area contributed by atoms with Crippen LogP contribution in [0.3, 0.4) is 0 Å². The number of aromatic nitrogens is 2. The molecule has 5 rings (SSSR count). The lowest BCUT2D eigenvalue weighted by atomic mass is 9.55. The molecule has 1 aromatic heterocycles. The Labute approximate surface area is 184 Å². The van der Waals surface area contributed by atoms with E-state index in [1.54, 1.807) is 24.3 Å². The number of hydrogen-bond acceptors (Lipinski definition) is 5. The fourth-order valence-corrected chi connectivity index (χ4v) is 5.09. The third kappa shape index (κ3) is 2.72. The lowest BCUT2D eigenvalue weighted by molar-refractivity contribution is 0.207. The summed E-state index contributed by atoms with van der Waals surface area (Å²) >= 11 is 0. The molecule has 0 unspecified atom stereocenters. The van der Waals surface area contributed by atoms with Crippen LogP contribution in [0.25, 0.3) is 11.1 Å². The Kier molecular flexibility index (Phi) is 4.49. The number of aromatic amines is 1. The summed E-state index contributed by atoms with van der Waals surface area (Å²) in [6, 6.07) is 16.2. The van der Waals surface area contributed by atoms with Gasteiger partial charge in [-0.05, 0) is 72.7 Å². The molecular formula is C25H20FN5O. The fraction of sp³-hybridized carbons (Fsp3) is 0.240. The van der Waals surface area contributed by atoms with Gasteiger partial charge >= 0.3 is 0 Å². The third-order valence-corrected chi connectivity index (χ3v) is 6.66. The van der Waals surface area contributed by atoms with Crippen molar-refractivity contribution in [1.29, 1.82) is 10.5 Å². The molecule has 0 radical (unpaired) electrons. The van der Waals surface area contributed by atoms with Crippen molar-refractivity contribution in [3.05, 3.63) is 82.1 Å². The van der Waals surface area contributed by atoms with Crippen molar-refractivity contribution in [1.82, 2.24) is 10.2 Å². The summed E-state index contributed by atoms with van der Waals surface area (Å²) in [6.07, 6.45) is 2.83. The third-order valence-electron chi connectivity index (χ3n) is 6.66. The predicted octanol–water partition coefficient (Wildman–Crippen LogP) is 4.57. The molecule has 0 spiro atoms. The molecule has 2 aromatic carbocycles. The minimum atomic E-state index is -0.906. The number of ether oxygens (including phenoxy) is 1. The van der Waals surface area contributed by atoms with Crippen LogP contribution in [0, 0.1) is 41.3 Å². The highest BCUT2D eigenvalue weighted by Crippen LogP contribution is 2.58. The first kappa shape index (κ1) is 19.8. The van der Waals surface area contributed by atoms with Crippen LogP contribution in [0.2, 0.25) is 0 Å². The van der Waals surface area contributed by atoms with E-state index in [-0.39, 0.29) is 17.6 Å². The number of fused-ring (bicyclic) bond motifs is 1. The highest BCUT2D eigenvalue weighted by molar-refractivity contribution is 5.70. The molecule has 0 bridgehead atoms. The summed E-state index contributed by atoms with van der Waals surface area (Å²) in [4.78, 5) is 0. The molecule has 2 heterocycles. The van der Waals surface area contributed by atoms with Crippen molar-refractivity contribution >= 4 is 0 Å². The van der Waals surface area contributed by atoms with E-state index in [1.165, 1.54) is 12.1 Å². The molecule has 2 aliphatic rings. The van der Waals surface area contributed by atoms with Gasteiger partial charge in [-0.1, -0.05) is 18.6 Å². The van der Waals surface area contributed by atoms with Crippen LogP contribution in [0.4, 0.5) is 4.39 Å². The zero-order chi connectivity index (χ0) is 22.5. The van der Waals surface area contributed by atoms with Crippen LogP contribution in [0.5, 0.6) is 5.88 Å². The Morgan fingerprint density at radius 2 is 1.97 bits per heavy atom. The van der Waals surface area contributed by atoms with E-state index in [0.29, 0.717) is 28.1 Å². The lowest BCUT2D eigenvalue weighted by Crippen LogP contribution is -2.46. The van der Waals surface area contributed by atoms with Crippen molar-refractivity contribution < 1.29 is 9.13 Å². The largest absolute Gasteiger partial charge is 0.420 e. The molecule has 1 saturated carbocycles. The average molecular weight is 425 g/mol. The molecule has 7 heteroatoms. The summed E-state index contributed by atoms with van der Waals surface area (Å²) < 4.78 is 19.7. The maximum absolute atomic E-state index is 14.0. The minimum absolute atomic E-state index is 0.0214. The zero-order valence-electron chi connectivity index (χ0n) is 17.4. The van der Waals surface area contributed by atoms with Crippen LogP contribution >= 0.6 is 0 Å². The second kappa shape index (κ2) is 7.25. The number of nitrogens with two attached hydrogens (primary N) is 1. The van der Waals surface area contributed by atoms with Gasteiger partial charge in [-0.15, -0.1) is 5.10 Å². The smallest absolute Gasteiger partial charge is 0.244 e. The number of nitriles is 2. The molecule has 1 aliphatic carbocycles. The summed E-state index contributed by atoms with van der Waals surface area (Å²) in [5.41, 5.74) is 9.74. The second-order valence-corrected chi connectivity index (χ2v) is 8.34. The van der Waals surface area contributed by atoms with Gasteiger partial charge in [0, 0.05) is 5.69 Å². The summed E-state index contributed by atoms with van der Waals surface area (Å²) in [5.74, 6) is 0.0959. The van der Waals surface area contributed by atoms with E-state index < -0.39 is 5.41 Å². The van der Waals surface area contributed by atoms with E-state index in [4.69, 9.17) is 10.5 Å². The Bertz CT molecular complexity index is 1360. The molecule has 158 valence electrons. The number of nitrogens with one attached hydrogen (secondary N) is 1. The molecule has 32 heavy (non-hydrogen) atoms. The molecule has 0 amide bonds. The first-order valence-electron chi connectivity index (χ1n) is 10.4. The number of halogens is 1. The van der Waals surface area contributed by atoms with Crippen molar-refractivity contribution in [2.45, 2.75) is 31.6 Å². The average Bonchev–Trinajstić information content (AvgIpc) is 3.12. The summed E-state index contributed by atoms with van der Waals surface area (Å²) in [5, 5.41) is 27.3. The highest BCUT2D eigenvalue weighted by Gasteiger charge is 2.54. The molecule has 3 N–H and O–H groups in total. The van der Waals surface area contributed by atoms with Crippen LogP contribution in [0.1, 0.15) is 41.6 Å². The predicted molar refractivity (Wildman–Crippen MR) is 115 cm³/mol. The van der Waals surface area contributed by atoms with Gasteiger partial charge in [0.25, 0.3) is 0 Å². The Morgan fingerprint density at radius 3 is 2.62 bits per heavy atom. The van der Waals surface area contributed by atoms with Gasteiger partial charge in [0.1, 0.15) is 17.5 Å². The van der Waals surface area contributed by atoms with Gasteiger partial charge in [-0.25, -0.2) is 4.39 Å². The van der Waals surface area contributed by atoms with Crippen molar-refractivity contribution in [3.8, 4) is 29.1 Å². The fourth-order valence-electron chi connectivity index (χ4n) is 5.09. The topological polar surface area (TPSA) is 112 Å². The van der Waals surface area contributed by atoms with E-state index in [1.807, 2.05) is 13.0 Å². The number of rotatable bonds is 3. The van der Waals surface area contributed by atoms with Crippen molar-refractivity contribution in [2.75, 3.05) is 0 Å². The SMILES string of the molecule is Cc1[nH]nc2c1[C@](c1cc(C#N)cc(-c3cccc(F)c3)c1)(C1CCC1)C(C#N)=C(N)O2. The Balaban J connectivity index is 1.87. The summed E-state index contributed by atoms with van der Waals surface area (Å²) in [7, 11) is 0. The van der Waals surface area contributed by atoms with Gasteiger partial charge < -0.3 is 10.5 Å². The van der Waals surface area contributed by atoms with Gasteiger partial charge in [0.15, 0.2) is 0 Å². The monoisotopic (exact) mass is 425 g/mol. The van der Waals surface area contributed by atoms with Gasteiger partial charge in [-0.2, -0.15) is 10.5 Å². The molecule has 6 nitrogen and oxygen atoms in total. The molecule has 1 atom stereocenters. The van der Waals surface area contributed by atoms with E-state index in [9.17, 15) is 14.9 Å². The number of nitrogens with zero attached hydrogens (tertiary/aromatic N) is 3. The lowest BCUT2D eigenvalue weighted by Gasteiger charge is -2.47. The maximum atomic E-state index is 14.0. The molecular weight excluding hydrogens is 405 g/mol. The van der Waals surface area contributed by atoms with Crippen LogP contribution in [0.15, 0.2) is 53.9 Å². The standard InChI is InChI=1S/C25H20FN5O/c1-14-22-24(31-30-14)32-23(29)21(13-28)25(22,18-5-3-6-18)19-9-15(12-27)8-17(10-19)16-4-2-7-20(26)11-16/h2,4,7-11,18H,3,5-6,29H2,1H3,(H,30,31)/t25-/m0/s1. The first-order chi connectivity index (χ1) is 15.5. The molecule has 0 saturated heterocycles. The Morgan fingerprint density at radius 1 is 1.16 bits per heavy atom. The van der Waals surface area contributed by atoms with Gasteiger partial charge in [0.2, 0.25) is 11.8 Å². The highest BCUT2D eigenvalue weighted by atomic mass is 19.1. The molecule has 3 aromatic rings. The zero-order valence-corrected chi connectivity index (χ0v) is 17.4. The van der Waals surface area contributed by atoms with Crippen molar-refractivity contribution in [3.63, 3.8) is 0 Å². The van der Waals surface area contributed by atoms with Crippen LogP contribution in [-0.4, -0.2) is 10.2 Å². The van der Waals surface area contributed by atoms with Crippen molar-refractivity contribution in [2.24, 2.45) is 11.7 Å². The van der Waals surface area contributed by atoms with Crippen LogP contribution < -0.4 is 10.5 Å².